The fourth-order valence-corrected chi connectivity index (χ4v) is 4.24. The largest absolute Gasteiger partial charge is 0.361 e. The smallest absolute Gasteiger partial charge is 0.123 e. The van der Waals surface area contributed by atoms with E-state index in [1.165, 1.54) is 12.1 Å². The molecule has 1 unspecified atom stereocenters. The summed E-state index contributed by atoms with van der Waals surface area (Å²) in [6, 6.07) is 24.4. The monoisotopic (exact) mass is 424 g/mol. The molecule has 4 heteroatoms. The van der Waals surface area contributed by atoms with E-state index >= 15 is 0 Å². The van der Waals surface area contributed by atoms with Crippen LogP contribution in [-0.4, -0.2) is 25.0 Å². The lowest BCUT2D eigenvalue weighted by atomic mass is 9.81. The van der Waals surface area contributed by atoms with Crippen molar-refractivity contribution in [2.45, 2.75) is 25.0 Å². The molecule has 0 aromatic heterocycles. The maximum absolute atomic E-state index is 13.6. The first-order valence-corrected chi connectivity index (χ1v) is 10.8. The lowest BCUT2D eigenvalue weighted by molar-refractivity contribution is -0.0141. The Kier molecular flexibility index (Phi) is 6.66. The van der Waals surface area contributed by atoms with Crippen LogP contribution in [0.5, 0.6) is 0 Å². The minimum atomic E-state index is -0.631. The van der Waals surface area contributed by atoms with Crippen LogP contribution in [0.15, 0.2) is 72.8 Å². The first-order chi connectivity index (χ1) is 15.6. The Morgan fingerprint density at radius 3 is 2.56 bits per heavy atom. The average Bonchev–Trinajstić information content (AvgIpc) is 3.19. The van der Waals surface area contributed by atoms with Gasteiger partial charge in [0.25, 0.3) is 0 Å². The molecule has 4 rings (SSSR count). The molecule has 1 heterocycles. The minimum Gasteiger partial charge on any atom is -0.361 e. The van der Waals surface area contributed by atoms with Gasteiger partial charge in [0.15, 0.2) is 0 Å². The highest BCUT2D eigenvalue weighted by molar-refractivity contribution is 5.48. The number of hydrogen-bond acceptors (Lipinski definition) is 3. The third-order valence-electron chi connectivity index (χ3n) is 5.88. The third-order valence-corrected chi connectivity index (χ3v) is 5.88. The van der Waals surface area contributed by atoms with Crippen LogP contribution < -0.4 is 0 Å². The molecule has 1 aliphatic heterocycles. The molecule has 0 radical (unpaired) electrons. The van der Waals surface area contributed by atoms with Crippen LogP contribution >= 0.6 is 0 Å². The molecule has 0 spiro atoms. The molecule has 1 aliphatic rings. The number of halogens is 1. The van der Waals surface area contributed by atoms with Gasteiger partial charge in [0.1, 0.15) is 11.4 Å². The summed E-state index contributed by atoms with van der Waals surface area (Å²) >= 11 is 0. The van der Waals surface area contributed by atoms with Crippen molar-refractivity contribution in [1.82, 2.24) is 4.90 Å². The van der Waals surface area contributed by atoms with E-state index < -0.39 is 5.60 Å². The van der Waals surface area contributed by atoms with Gasteiger partial charge in [-0.1, -0.05) is 48.2 Å². The lowest BCUT2D eigenvalue weighted by Crippen LogP contribution is -2.29. The molecule has 0 saturated heterocycles. The van der Waals surface area contributed by atoms with E-state index in [-0.39, 0.29) is 5.82 Å². The van der Waals surface area contributed by atoms with E-state index in [9.17, 15) is 9.65 Å². The zero-order valence-electron chi connectivity index (χ0n) is 18.1. The van der Waals surface area contributed by atoms with Crippen molar-refractivity contribution in [3.05, 3.63) is 106 Å². The van der Waals surface area contributed by atoms with Crippen molar-refractivity contribution in [3.8, 4) is 17.9 Å². The summed E-state index contributed by atoms with van der Waals surface area (Å²) in [7, 11) is 2.06. The molecular formula is C28H25FN2O. The van der Waals surface area contributed by atoms with Gasteiger partial charge in [-0.3, -0.25) is 4.90 Å². The maximum Gasteiger partial charge on any atom is 0.123 e. The van der Waals surface area contributed by atoms with Crippen LogP contribution in [0.1, 0.15) is 40.7 Å². The van der Waals surface area contributed by atoms with Crippen LogP contribution in [0.4, 0.5) is 4.39 Å². The molecule has 0 fully saturated rings. The van der Waals surface area contributed by atoms with Crippen molar-refractivity contribution < 1.29 is 9.13 Å². The highest BCUT2D eigenvalue weighted by Gasteiger charge is 2.41. The number of ether oxygens (including phenoxy) is 1. The predicted octanol–water partition coefficient (Wildman–Crippen LogP) is 5.23. The summed E-state index contributed by atoms with van der Waals surface area (Å²) < 4.78 is 20.0. The van der Waals surface area contributed by atoms with Crippen LogP contribution in [0.3, 0.4) is 0 Å². The first-order valence-electron chi connectivity index (χ1n) is 10.8. The fraction of sp³-hybridized carbons (Fsp3) is 0.250. The van der Waals surface area contributed by atoms with Gasteiger partial charge in [0, 0.05) is 5.56 Å². The van der Waals surface area contributed by atoms with Gasteiger partial charge >= 0.3 is 0 Å². The number of nitriles is 1. The average molecular weight is 425 g/mol. The topological polar surface area (TPSA) is 36.3 Å². The van der Waals surface area contributed by atoms with Crippen molar-refractivity contribution in [2.24, 2.45) is 0 Å². The second-order valence-corrected chi connectivity index (χ2v) is 8.12. The summed E-state index contributed by atoms with van der Waals surface area (Å²) in [4.78, 5) is 2.20. The lowest BCUT2D eigenvalue weighted by Gasteiger charge is -2.31. The zero-order valence-corrected chi connectivity index (χ0v) is 18.1. The first kappa shape index (κ1) is 21.8. The van der Waals surface area contributed by atoms with Crippen LogP contribution in [0.2, 0.25) is 0 Å². The second-order valence-electron chi connectivity index (χ2n) is 8.12. The number of hydrogen-bond donors (Lipinski definition) is 0. The molecule has 32 heavy (non-hydrogen) atoms. The van der Waals surface area contributed by atoms with Gasteiger partial charge in [-0.05, 0) is 79.5 Å². The second kappa shape index (κ2) is 9.79. The quantitative estimate of drug-likeness (QED) is 0.508. The van der Waals surface area contributed by atoms with Crippen molar-refractivity contribution in [2.75, 3.05) is 20.1 Å². The van der Waals surface area contributed by atoms with Crippen LogP contribution in [0, 0.1) is 29.0 Å². The number of nitrogens with zero attached hydrogens (tertiary/aromatic N) is 2. The van der Waals surface area contributed by atoms with Crippen molar-refractivity contribution in [1.29, 1.82) is 5.26 Å². The van der Waals surface area contributed by atoms with Crippen LogP contribution in [0.25, 0.3) is 0 Å². The third kappa shape index (κ3) is 4.73. The zero-order chi connectivity index (χ0) is 22.4. The summed E-state index contributed by atoms with van der Waals surface area (Å²) in [5.74, 6) is 6.15. The molecule has 1 atom stereocenters. The Morgan fingerprint density at radius 2 is 1.81 bits per heavy atom. The molecule has 160 valence electrons. The van der Waals surface area contributed by atoms with Gasteiger partial charge in [-0.25, -0.2) is 4.39 Å². The van der Waals surface area contributed by atoms with Gasteiger partial charge in [0.2, 0.25) is 0 Å². The molecule has 3 nitrogen and oxygen atoms in total. The standard InChI is InChI=1S/C28H25FN2O/c1-31(17-5-9-22-7-3-2-4-8-22)18-6-16-28(25-11-13-26(29)14-12-25)27-15-10-23(20-30)19-24(27)21-32-28/h2-4,7-8,10-15,19H,6,16-18,21H2,1H3. The van der Waals surface area contributed by atoms with Gasteiger partial charge in [-0.2, -0.15) is 5.26 Å². The van der Waals surface area contributed by atoms with Crippen molar-refractivity contribution >= 4 is 0 Å². The highest BCUT2D eigenvalue weighted by Crippen LogP contribution is 2.45. The minimum absolute atomic E-state index is 0.265. The Bertz CT molecular complexity index is 1170. The number of benzene rings is 3. The van der Waals surface area contributed by atoms with Crippen molar-refractivity contribution in [3.63, 3.8) is 0 Å². The number of rotatable bonds is 6. The number of fused-ring (bicyclic) bond motifs is 1. The van der Waals surface area contributed by atoms with E-state index in [1.807, 2.05) is 48.5 Å². The SMILES string of the molecule is CN(CC#Cc1ccccc1)CCCC1(c2ccc(F)cc2)OCc2cc(C#N)ccc21. The van der Waals surface area contributed by atoms with Gasteiger partial charge in [-0.15, -0.1) is 0 Å². The summed E-state index contributed by atoms with van der Waals surface area (Å²) in [6.07, 6.45) is 1.65. The Labute approximate surface area is 189 Å². The molecule has 0 bridgehead atoms. The van der Waals surface area contributed by atoms with Gasteiger partial charge in [0.05, 0.1) is 24.8 Å². The van der Waals surface area contributed by atoms with E-state index in [0.717, 1.165) is 41.6 Å². The molecule has 3 aromatic rings. The fourth-order valence-electron chi connectivity index (χ4n) is 4.24. The normalized spacial score (nSPS) is 16.8. The molecule has 3 aromatic carbocycles. The van der Waals surface area contributed by atoms with Gasteiger partial charge < -0.3 is 4.74 Å². The molecule has 0 amide bonds. The molecule has 0 saturated carbocycles. The van der Waals surface area contributed by atoms with E-state index in [2.05, 4.69) is 29.9 Å². The Hall–Kier alpha value is -3.44. The van der Waals surface area contributed by atoms with E-state index in [1.54, 1.807) is 12.1 Å². The molecule has 0 aliphatic carbocycles. The highest BCUT2D eigenvalue weighted by atomic mass is 19.1. The Morgan fingerprint density at radius 1 is 1.03 bits per heavy atom. The van der Waals surface area contributed by atoms with E-state index in [0.29, 0.717) is 18.7 Å². The van der Waals surface area contributed by atoms with Crippen LogP contribution in [-0.2, 0) is 16.9 Å². The maximum atomic E-state index is 13.6. The summed E-state index contributed by atoms with van der Waals surface area (Å²) in [5.41, 5.74) is 4.04. The summed E-state index contributed by atoms with van der Waals surface area (Å²) in [5, 5.41) is 9.24. The Balaban J connectivity index is 1.48. The molecule has 0 N–H and O–H groups in total. The molecular weight excluding hydrogens is 399 g/mol. The van der Waals surface area contributed by atoms with E-state index in [4.69, 9.17) is 4.74 Å². The predicted molar refractivity (Wildman–Crippen MR) is 123 cm³/mol. The summed E-state index contributed by atoms with van der Waals surface area (Å²) in [6.45, 7) is 1.99.